The molecule has 6 heteroatoms. The summed E-state index contributed by atoms with van der Waals surface area (Å²) < 4.78 is 7.34. The molecule has 0 radical (unpaired) electrons. The van der Waals surface area contributed by atoms with E-state index in [1.807, 2.05) is 29.1 Å². The van der Waals surface area contributed by atoms with Gasteiger partial charge in [0.05, 0.1) is 31.6 Å². The van der Waals surface area contributed by atoms with E-state index in [4.69, 9.17) is 4.74 Å². The molecule has 0 spiro atoms. The number of carbonyl (C=O) groups is 1. The van der Waals surface area contributed by atoms with E-state index < -0.39 is 0 Å². The third-order valence-corrected chi connectivity index (χ3v) is 4.43. The number of hydrogen-bond acceptors (Lipinski definition) is 4. The number of morpholine rings is 1. The molecule has 1 amide bonds. The van der Waals surface area contributed by atoms with Crippen LogP contribution in [0.15, 0.2) is 42.7 Å². The third kappa shape index (κ3) is 4.90. The Morgan fingerprint density at radius 3 is 3.00 bits per heavy atom. The second-order valence-electron chi connectivity index (χ2n) is 6.38. The number of amides is 1. The molecule has 1 aromatic heterocycles. The Labute approximate surface area is 148 Å². The van der Waals surface area contributed by atoms with E-state index in [1.165, 1.54) is 5.56 Å². The van der Waals surface area contributed by atoms with E-state index in [0.29, 0.717) is 19.8 Å². The van der Waals surface area contributed by atoms with Crippen LogP contribution in [0.2, 0.25) is 0 Å². The van der Waals surface area contributed by atoms with Gasteiger partial charge in [-0.05, 0) is 18.5 Å². The van der Waals surface area contributed by atoms with Crippen molar-refractivity contribution in [2.45, 2.75) is 32.4 Å². The fraction of sp³-hybridized carbons (Fsp3) is 0.474. The highest BCUT2D eigenvalue weighted by Gasteiger charge is 2.29. The van der Waals surface area contributed by atoms with Crippen molar-refractivity contribution in [1.82, 2.24) is 14.7 Å². The largest absolute Gasteiger partial charge is 0.378 e. The zero-order chi connectivity index (χ0) is 17.5. The number of anilines is 1. The lowest BCUT2D eigenvalue weighted by atomic mass is 10.2. The van der Waals surface area contributed by atoms with Crippen molar-refractivity contribution in [2.75, 3.05) is 31.6 Å². The number of rotatable bonds is 7. The first kappa shape index (κ1) is 17.6. The summed E-state index contributed by atoms with van der Waals surface area (Å²) in [6.07, 6.45) is 5.78. The van der Waals surface area contributed by atoms with Crippen LogP contribution in [0.25, 0.3) is 0 Å². The van der Waals surface area contributed by atoms with Gasteiger partial charge in [-0.1, -0.05) is 43.7 Å². The van der Waals surface area contributed by atoms with Gasteiger partial charge in [-0.2, -0.15) is 5.10 Å². The Hall–Kier alpha value is -2.18. The number of nitrogens with zero attached hydrogens (tertiary/aromatic N) is 3. The molecular formula is C19H26N4O2. The summed E-state index contributed by atoms with van der Waals surface area (Å²) in [5.41, 5.74) is 1.90. The molecule has 1 saturated heterocycles. The summed E-state index contributed by atoms with van der Waals surface area (Å²) in [5, 5.41) is 7.32. The molecule has 134 valence electrons. The monoisotopic (exact) mass is 342 g/mol. The van der Waals surface area contributed by atoms with Gasteiger partial charge >= 0.3 is 0 Å². The van der Waals surface area contributed by atoms with Gasteiger partial charge in [-0.25, -0.2) is 0 Å². The number of hydrogen-bond donors (Lipinski definition) is 1. The molecule has 1 fully saturated rings. The summed E-state index contributed by atoms with van der Waals surface area (Å²) in [6.45, 7) is 5.75. The van der Waals surface area contributed by atoms with Gasteiger partial charge in [-0.3, -0.25) is 14.4 Å². The minimum Gasteiger partial charge on any atom is -0.378 e. The summed E-state index contributed by atoms with van der Waals surface area (Å²) >= 11 is 0. The van der Waals surface area contributed by atoms with E-state index in [1.54, 1.807) is 6.20 Å². The van der Waals surface area contributed by atoms with Gasteiger partial charge in [0.15, 0.2) is 0 Å². The molecule has 1 aliphatic heterocycles. The summed E-state index contributed by atoms with van der Waals surface area (Å²) in [5.74, 6) is -0.0185. The highest BCUT2D eigenvalue weighted by Crippen LogP contribution is 2.13. The Morgan fingerprint density at radius 1 is 1.36 bits per heavy atom. The van der Waals surface area contributed by atoms with Crippen LogP contribution in [0.3, 0.4) is 0 Å². The summed E-state index contributed by atoms with van der Waals surface area (Å²) in [7, 11) is 0. The smallest absolute Gasteiger partial charge is 0.244 e. The molecule has 1 aromatic carbocycles. The normalized spacial score (nSPS) is 18.2. The molecular weight excluding hydrogens is 316 g/mol. The summed E-state index contributed by atoms with van der Waals surface area (Å²) in [4.78, 5) is 14.9. The second kappa shape index (κ2) is 8.78. The number of unbranched alkanes of at least 4 members (excludes halogenated alkanes) is 1. The molecule has 0 saturated carbocycles. The maximum atomic E-state index is 12.6. The minimum absolute atomic E-state index is 0.0185. The van der Waals surface area contributed by atoms with E-state index in [-0.39, 0.29) is 11.9 Å². The van der Waals surface area contributed by atoms with Gasteiger partial charge in [0.1, 0.15) is 6.04 Å². The zero-order valence-electron chi connectivity index (χ0n) is 14.7. The van der Waals surface area contributed by atoms with Gasteiger partial charge in [0.25, 0.3) is 0 Å². The van der Waals surface area contributed by atoms with Crippen LogP contribution < -0.4 is 5.32 Å². The Bertz CT molecular complexity index is 671. The highest BCUT2D eigenvalue weighted by atomic mass is 16.5. The average molecular weight is 342 g/mol. The van der Waals surface area contributed by atoms with Gasteiger partial charge in [-0.15, -0.1) is 0 Å². The fourth-order valence-corrected chi connectivity index (χ4v) is 3.02. The second-order valence-corrected chi connectivity index (χ2v) is 6.38. The molecule has 3 rings (SSSR count). The zero-order valence-corrected chi connectivity index (χ0v) is 14.7. The van der Waals surface area contributed by atoms with Gasteiger partial charge in [0, 0.05) is 12.7 Å². The lowest BCUT2D eigenvalue weighted by molar-refractivity contribution is -0.127. The van der Waals surface area contributed by atoms with E-state index in [0.717, 1.165) is 31.6 Å². The molecule has 0 aliphatic carbocycles. The number of benzene rings is 1. The summed E-state index contributed by atoms with van der Waals surface area (Å²) in [6, 6.07) is 9.91. The van der Waals surface area contributed by atoms with Crippen LogP contribution in [0.4, 0.5) is 5.69 Å². The Kier molecular flexibility index (Phi) is 6.19. The molecule has 1 atom stereocenters. The lowest BCUT2D eigenvalue weighted by Gasteiger charge is -2.34. The molecule has 2 heterocycles. The Morgan fingerprint density at radius 2 is 2.20 bits per heavy atom. The molecule has 1 aliphatic rings. The molecule has 2 aromatic rings. The van der Waals surface area contributed by atoms with Crippen molar-refractivity contribution in [3.63, 3.8) is 0 Å². The molecule has 6 nitrogen and oxygen atoms in total. The Balaban J connectivity index is 1.58. The van der Waals surface area contributed by atoms with E-state index >= 15 is 0 Å². The number of nitrogens with one attached hydrogen (secondary N) is 1. The van der Waals surface area contributed by atoms with Crippen LogP contribution in [0, 0.1) is 0 Å². The molecule has 1 N–H and O–H groups in total. The van der Waals surface area contributed by atoms with Crippen LogP contribution in [0.5, 0.6) is 0 Å². The average Bonchev–Trinajstić information content (AvgIpc) is 3.07. The number of ether oxygens (including phenoxy) is 1. The van der Waals surface area contributed by atoms with Crippen LogP contribution in [0.1, 0.15) is 25.3 Å². The van der Waals surface area contributed by atoms with Crippen molar-refractivity contribution in [2.24, 2.45) is 0 Å². The number of carbonyl (C=O) groups excluding carboxylic acids is 1. The first-order chi connectivity index (χ1) is 12.3. The fourth-order valence-electron chi connectivity index (χ4n) is 3.02. The SMILES string of the molecule is CCCCN1CCOCC1C(=O)Nc1cnn(Cc2ccccc2)c1. The van der Waals surface area contributed by atoms with Crippen LogP contribution >= 0.6 is 0 Å². The standard InChI is InChI=1S/C19H26N4O2/c1-2-3-9-22-10-11-25-15-18(22)19(24)21-17-12-20-23(14-17)13-16-7-5-4-6-8-16/h4-8,12,14,18H,2-3,9-11,13,15H2,1H3,(H,21,24). The van der Waals surface area contributed by atoms with Crippen molar-refractivity contribution < 1.29 is 9.53 Å². The number of aromatic nitrogens is 2. The van der Waals surface area contributed by atoms with Crippen LogP contribution in [-0.4, -0.2) is 52.9 Å². The molecule has 25 heavy (non-hydrogen) atoms. The topological polar surface area (TPSA) is 59.4 Å². The minimum atomic E-state index is -0.224. The van der Waals surface area contributed by atoms with Crippen molar-refractivity contribution >= 4 is 11.6 Å². The van der Waals surface area contributed by atoms with E-state index in [9.17, 15) is 4.79 Å². The lowest BCUT2D eigenvalue weighted by Crippen LogP contribution is -2.52. The quantitative estimate of drug-likeness (QED) is 0.839. The maximum Gasteiger partial charge on any atom is 0.244 e. The van der Waals surface area contributed by atoms with Crippen molar-refractivity contribution in [3.05, 3.63) is 48.3 Å². The van der Waals surface area contributed by atoms with Crippen LogP contribution in [-0.2, 0) is 16.1 Å². The third-order valence-electron chi connectivity index (χ3n) is 4.43. The first-order valence-corrected chi connectivity index (χ1v) is 8.95. The van der Waals surface area contributed by atoms with Crippen molar-refractivity contribution in [3.8, 4) is 0 Å². The predicted octanol–water partition coefficient (Wildman–Crippen LogP) is 2.37. The van der Waals surface area contributed by atoms with Crippen molar-refractivity contribution in [1.29, 1.82) is 0 Å². The molecule has 0 bridgehead atoms. The van der Waals surface area contributed by atoms with Gasteiger partial charge < -0.3 is 10.1 Å². The molecule has 1 unspecified atom stereocenters. The predicted molar refractivity (Wildman–Crippen MR) is 97.5 cm³/mol. The van der Waals surface area contributed by atoms with E-state index in [2.05, 4.69) is 34.4 Å². The highest BCUT2D eigenvalue weighted by molar-refractivity contribution is 5.94. The first-order valence-electron chi connectivity index (χ1n) is 8.95. The maximum absolute atomic E-state index is 12.6. The van der Waals surface area contributed by atoms with Gasteiger partial charge in [0.2, 0.25) is 5.91 Å².